The zero-order valence-electron chi connectivity index (χ0n) is 17.8. The fraction of sp³-hybridized carbons (Fsp3) is 0.103. The van der Waals surface area contributed by atoms with Crippen LogP contribution in [0.2, 0.25) is 0 Å². The molecule has 158 valence electrons. The molecule has 0 aromatic heterocycles. The van der Waals surface area contributed by atoms with Gasteiger partial charge in [-0.3, -0.25) is 9.79 Å². The molecule has 0 aliphatic rings. The minimum Gasteiger partial charge on any atom is -0.343 e. The molecule has 0 aliphatic carbocycles. The normalized spacial score (nSPS) is 12.0. The molecule has 0 fully saturated rings. The van der Waals surface area contributed by atoms with Crippen LogP contribution < -0.4 is 5.32 Å². The third kappa shape index (κ3) is 5.79. The van der Waals surface area contributed by atoms with E-state index >= 15 is 0 Å². The molecule has 0 aliphatic heterocycles. The number of rotatable bonds is 8. The van der Waals surface area contributed by atoms with E-state index in [2.05, 4.69) is 5.32 Å². The van der Waals surface area contributed by atoms with Gasteiger partial charge < -0.3 is 5.32 Å². The van der Waals surface area contributed by atoms with E-state index < -0.39 is 6.04 Å². The quantitative estimate of drug-likeness (QED) is 0.371. The summed E-state index contributed by atoms with van der Waals surface area (Å²) < 4.78 is 0. The van der Waals surface area contributed by atoms with E-state index in [1.165, 1.54) is 0 Å². The first kappa shape index (κ1) is 21.3. The lowest BCUT2D eigenvalue weighted by Gasteiger charge is -2.22. The summed E-state index contributed by atoms with van der Waals surface area (Å²) in [7, 11) is 0. The highest BCUT2D eigenvalue weighted by atomic mass is 16.2. The van der Waals surface area contributed by atoms with Crippen molar-refractivity contribution in [3.05, 3.63) is 144 Å². The minimum atomic E-state index is -0.535. The Morgan fingerprint density at radius 1 is 0.688 bits per heavy atom. The van der Waals surface area contributed by atoms with Crippen molar-refractivity contribution in [3.8, 4) is 0 Å². The first-order valence-corrected chi connectivity index (χ1v) is 10.8. The first-order chi connectivity index (χ1) is 15.8. The van der Waals surface area contributed by atoms with Crippen LogP contribution >= 0.6 is 0 Å². The number of carbonyl (C=O) groups is 1. The highest BCUT2D eigenvalue weighted by molar-refractivity contribution is 5.87. The summed E-state index contributed by atoms with van der Waals surface area (Å²) in [6, 6.07) is 39.2. The number of hydrogen-bond donors (Lipinski definition) is 1. The van der Waals surface area contributed by atoms with Gasteiger partial charge in [0.2, 0.25) is 5.91 Å². The average molecular weight is 419 g/mol. The Labute approximate surface area is 189 Å². The van der Waals surface area contributed by atoms with Gasteiger partial charge in [-0.25, -0.2) is 0 Å². The van der Waals surface area contributed by atoms with E-state index in [4.69, 9.17) is 4.99 Å². The van der Waals surface area contributed by atoms with Gasteiger partial charge in [0, 0.05) is 12.6 Å². The second kappa shape index (κ2) is 10.9. The standard InChI is InChI=1S/C29H26N2O/c32-29(31-28(25-17-9-3-10-18-25)26-19-11-4-12-20-26)27(21-23-13-5-1-6-14-23)30-22-24-15-7-2-8-16-24/h1-20,22,27-28H,21H2,(H,31,32)/b30-22+/t27-/m1/s1. The monoisotopic (exact) mass is 418 g/mol. The average Bonchev–Trinajstić information content (AvgIpc) is 2.87. The molecule has 3 heteroatoms. The number of hydrogen-bond acceptors (Lipinski definition) is 2. The van der Waals surface area contributed by atoms with Crippen LogP contribution in [0.5, 0.6) is 0 Å². The topological polar surface area (TPSA) is 41.5 Å². The number of nitrogens with zero attached hydrogens (tertiary/aromatic N) is 1. The number of nitrogens with one attached hydrogen (secondary N) is 1. The van der Waals surface area contributed by atoms with Gasteiger partial charge in [0.15, 0.2) is 0 Å². The summed E-state index contributed by atoms with van der Waals surface area (Å²) in [6.45, 7) is 0. The molecule has 4 rings (SSSR count). The van der Waals surface area contributed by atoms with Crippen LogP contribution in [0.1, 0.15) is 28.3 Å². The second-order valence-corrected chi connectivity index (χ2v) is 7.66. The second-order valence-electron chi connectivity index (χ2n) is 7.66. The van der Waals surface area contributed by atoms with Crippen LogP contribution in [0.25, 0.3) is 0 Å². The van der Waals surface area contributed by atoms with Gasteiger partial charge in [-0.2, -0.15) is 0 Å². The summed E-state index contributed by atoms with van der Waals surface area (Å²) in [5.41, 5.74) is 4.13. The molecule has 1 atom stereocenters. The minimum absolute atomic E-state index is 0.0984. The summed E-state index contributed by atoms with van der Waals surface area (Å²) in [5, 5.41) is 3.25. The highest BCUT2D eigenvalue weighted by Gasteiger charge is 2.23. The van der Waals surface area contributed by atoms with Crippen LogP contribution in [0.3, 0.4) is 0 Å². The fourth-order valence-electron chi connectivity index (χ4n) is 3.65. The molecule has 0 saturated carbocycles. The van der Waals surface area contributed by atoms with Crippen molar-refractivity contribution in [2.45, 2.75) is 18.5 Å². The molecule has 3 nitrogen and oxygen atoms in total. The van der Waals surface area contributed by atoms with Crippen LogP contribution in [0.4, 0.5) is 0 Å². The van der Waals surface area contributed by atoms with Gasteiger partial charge >= 0.3 is 0 Å². The molecule has 32 heavy (non-hydrogen) atoms. The Hall–Kier alpha value is -3.98. The van der Waals surface area contributed by atoms with Gasteiger partial charge in [0.1, 0.15) is 6.04 Å². The van der Waals surface area contributed by atoms with Crippen molar-refractivity contribution in [1.29, 1.82) is 0 Å². The number of amides is 1. The van der Waals surface area contributed by atoms with Crippen molar-refractivity contribution in [2.24, 2.45) is 4.99 Å². The third-order valence-electron chi connectivity index (χ3n) is 5.33. The molecule has 0 unspecified atom stereocenters. The Morgan fingerprint density at radius 2 is 1.16 bits per heavy atom. The van der Waals surface area contributed by atoms with E-state index in [-0.39, 0.29) is 11.9 Å². The molecule has 1 N–H and O–H groups in total. The maximum Gasteiger partial charge on any atom is 0.245 e. The Morgan fingerprint density at radius 3 is 1.69 bits per heavy atom. The van der Waals surface area contributed by atoms with Gasteiger partial charge in [-0.1, -0.05) is 121 Å². The molecular formula is C29H26N2O. The summed E-state index contributed by atoms with van der Waals surface area (Å²) in [4.78, 5) is 18.2. The van der Waals surface area contributed by atoms with Crippen LogP contribution in [-0.2, 0) is 11.2 Å². The van der Waals surface area contributed by atoms with Crippen molar-refractivity contribution in [1.82, 2.24) is 5.32 Å². The van der Waals surface area contributed by atoms with E-state index in [1.54, 1.807) is 6.21 Å². The summed E-state index contributed by atoms with van der Waals surface area (Å²) in [6.07, 6.45) is 2.32. The number of aliphatic imine (C=N–C) groups is 1. The predicted octanol–water partition coefficient (Wildman–Crippen LogP) is 5.62. The van der Waals surface area contributed by atoms with E-state index in [0.29, 0.717) is 6.42 Å². The molecule has 4 aromatic carbocycles. The van der Waals surface area contributed by atoms with Gasteiger partial charge in [0.05, 0.1) is 6.04 Å². The predicted molar refractivity (Wildman–Crippen MR) is 131 cm³/mol. The Balaban J connectivity index is 1.61. The zero-order chi connectivity index (χ0) is 22.0. The van der Waals surface area contributed by atoms with E-state index in [9.17, 15) is 4.79 Å². The lowest BCUT2D eigenvalue weighted by atomic mass is 9.97. The van der Waals surface area contributed by atoms with Crippen LogP contribution in [0, 0.1) is 0 Å². The Bertz CT molecular complexity index is 1090. The number of carbonyl (C=O) groups excluding carboxylic acids is 1. The lowest BCUT2D eigenvalue weighted by Crippen LogP contribution is -2.38. The largest absolute Gasteiger partial charge is 0.343 e. The summed E-state index contributed by atoms with van der Waals surface area (Å²) >= 11 is 0. The van der Waals surface area contributed by atoms with Gasteiger partial charge in [-0.05, 0) is 22.3 Å². The Kier molecular flexibility index (Phi) is 7.22. The van der Waals surface area contributed by atoms with E-state index in [0.717, 1.165) is 22.3 Å². The molecule has 4 aromatic rings. The van der Waals surface area contributed by atoms with Crippen molar-refractivity contribution in [2.75, 3.05) is 0 Å². The lowest BCUT2D eigenvalue weighted by molar-refractivity contribution is -0.122. The smallest absolute Gasteiger partial charge is 0.245 e. The van der Waals surface area contributed by atoms with Crippen molar-refractivity contribution < 1.29 is 4.79 Å². The molecule has 0 bridgehead atoms. The zero-order valence-corrected chi connectivity index (χ0v) is 17.8. The maximum absolute atomic E-state index is 13.5. The SMILES string of the molecule is O=C(NC(c1ccccc1)c1ccccc1)[C@@H](Cc1ccccc1)/N=C/c1ccccc1. The molecular weight excluding hydrogens is 392 g/mol. The molecule has 0 saturated heterocycles. The molecule has 1 amide bonds. The highest BCUT2D eigenvalue weighted by Crippen LogP contribution is 2.22. The maximum atomic E-state index is 13.5. The first-order valence-electron chi connectivity index (χ1n) is 10.8. The van der Waals surface area contributed by atoms with Crippen molar-refractivity contribution in [3.63, 3.8) is 0 Å². The van der Waals surface area contributed by atoms with Crippen LogP contribution in [-0.4, -0.2) is 18.2 Å². The van der Waals surface area contributed by atoms with Crippen LogP contribution in [0.15, 0.2) is 126 Å². The van der Waals surface area contributed by atoms with E-state index in [1.807, 2.05) is 121 Å². The summed E-state index contributed by atoms with van der Waals surface area (Å²) in [5.74, 6) is -0.0984. The van der Waals surface area contributed by atoms with Crippen molar-refractivity contribution >= 4 is 12.1 Å². The third-order valence-corrected chi connectivity index (χ3v) is 5.33. The van der Waals surface area contributed by atoms with Gasteiger partial charge in [0.25, 0.3) is 0 Å². The fourth-order valence-corrected chi connectivity index (χ4v) is 3.65. The molecule has 0 spiro atoms. The number of benzene rings is 4. The molecule has 0 radical (unpaired) electrons. The van der Waals surface area contributed by atoms with Gasteiger partial charge in [-0.15, -0.1) is 0 Å². The molecule has 0 heterocycles.